The number of carbonyl (C=O) groups excluding carboxylic acids is 1. The van der Waals surface area contributed by atoms with Gasteiger partial charge in [0.05, 0.1) is 0 Å². The van der Waals surface area contributed by atoms with Crippen LogP contribution in [0.5, 0.6) is 0 Å². The Labute approximate surface area is 104 Å². The minimum Gasteiger partial charge on any atom is -0.355 e. The van der Waals surface area contributed by atoms with Gasteiger partial charge in [0, 0.05) is 25.0 Å². The van der Waals surface area contributed by atoms with Crippen LogP contribution in [-0.4, -0.2) is 19.0 Å². The number of carbonyl (C=O) groups is 1. The minimum absolute atomic E-state index is 0.0570. The molecule has 0 saturated heterocycles. The number of hydrogen-bond donors (Lipinski definition) is 2. The molecule has 1 atom stereocenters. The zero-order chi connectivity index (χ0) is 12.7. The molecular weight excluding hydrogens is 212 g/mol. The fraction of sp³-hybridized carbons (Fsp3) is 0.500. The summed E-state index contributed by atoms with van der Waals surface area (Å²) in [7, 11) is 0. The Kier molecular flexibility index (Phi) is 5.70. The molecule has 0 saturated carbocycles. The Balaban J connectivity index is 2.21. The van der Waals surface area contributed by atoms with E-state index in [0.717, 1.165) is 6.54 Å². The van der Waals surface area contributed by atoms with Gasteiger partial charge in [-0.2, -0.15) is 0 Å². The Hall–Kier alpha value is -1.35. The van der Waals surface area contributed by atoms with E-state index >= 15 is 0 Å². The molecule has 17 heavy (non-hydrogen) atoms. The summed E-state index contributed by atoms with van der Waals surface area (Å²) in [6.45, 7) is 7.38. The lowest BCUT2D eigenvalue weighted by Gasteiger charge is -2.14. The van der Waals surface area contributed by atoms with Gasteiger partial charge in [-0.15, -0.1) is 0 Å². The van der Waals surface area contributed by atoms with Crippen molar-refractivity contribution in [1.82, 2.24) is 10.6 Å². The molecule has 0 aliphatic heterocycles. The fourth-order valence-corrected chi connectivity index (χ4v) is 1.54. The number of benzene rings is 1. The molecule has 0 bridgehead atoms. The second-order valence-corrected chi connectivity index (χ2v) is 4.53. The molecule has 1 rings (SSSR count). The van der Waals surface area contributed by atoms with Crippen LogP contribution in [0.1, 0.15) is 32.4 Å². The van der Waals surface area contributed by atoms with E-state index < -0.39 is 0 Å². The summed E-state index contributed by atoms with van der Waals surface area (Å²) in [6.07, 6.45) is 0. The first-order chi connectivity index (χ1) is 8.11. The zero-order valence-electron chi connectivity index (χ0n) is 10.9. The molecule has 0 radical (unpaired) electrons. The van der Waals surface area contributed by atoms with Crippen LogP contribution in [0.25, 0.3) is 0 Å². The molecule has 3 heteroatoms. The number of rotatable bonds is 6. The third-order valence-electron chi connectivity index (χ3n) is 2.70. The summed E-state index contributed by atoms with van der Waals surface area (Å²) in [5.41, 5.74) is 1.27. The molecule has 1 amide bonds. The highest BCUT2D eigenvalue weighted by Crippen LogP contribution is 2.10. The van der Waals surface area contributed by atoms with Gasteiger partial charge in [-0.25, -0.2) is 0 Å². The van der Waals surface area contributed by atoms with Crippen molar-refractivity contribution in [1.29, 1.82) is 0 Å². The van der Waals surface area contributed by atoms with Crippen molar-refractivity contribution in [2.75, 3.05) is 13.1 Å². The van der Waals surface area contributed by atoms with Gasteiger partial charge in [0.2, 0.25) is 5.91 Å². The van der Waals surface area contributed by atoms with Crippen LogP contribution in [0.3, 0.4) is 0 Å². The number of hydrogen-bond acceptors (Lipinski definition) is 2. The Bertz CT molecular complexity index is 335. The molecule has 0 heterocycles. The highest BCUT2D eigenvalue weighted by atomic mass is 16.1. The molecule has 0 aromatic heterocycles. The first-order valence-electron chi connectivity index (χ1n) is 6.17. The topological polar surface area (TPSA) is 41.1 Å². The van der Waals surface area contributed by atoms with Gasteiger partial charge in [0.25, 0.3) is 0 Å². The monoisotopic (exact) mass is 234 g/mol. The van der Waals surface area contributed by atoms with E-state index in [-0.39, 0.29) is 11.8 Å². The largest absolute Gasteiger partial charge is 0.355 e. The first kappa shape index (κ1) is 13.7. The molecule has 3 nitrogen and oxygen atoms in total. The average molecular weight is 234 g/mol. The third-order valence-corrected chi connectivity index (χ3v) is 2.70. The molecule has 0 aliphatic rings. The minimum atomic E-state index is 0.0570. The summed E-state index contributed by atoms with van der Waals surface area (Å²) in [6, 6.07) is 10.6. The van der Waals surface area contributed by atoms with Crippen molar-refractivity contribution in [2.24, 2.45) is 5.92 Å². The highest BCUT2D eigenvalue weighted by molar-refractivity contribution is 5.77. The van der Waals surface area contributed by atoms with Crippen molar-refractivity contribution >= 4 is 5.91 Å². The van der Waals surface area contributed by atoms with E-state index in [0.29, 0.717) is 12.6 Å². The molecule has 1 aromatic carbocycles. The van der Waals surface area contributed by atoms with Crippen LogP contribution in [0, 0.1) is 5.92 Å². The van der Waals surface area contributed by atoms with E-state index in [1.54, 1.807) is 0 Å². The second-order valence-electron chi connectivity index (χ2n) is 4.53. The van der Waals surface area contributed by atoms with Crippen LogP contribution >= 0.6 is 0 Å². The number of amides is 1. The molecule has 2 N–H and O–H groups in total. The summed E-state index contributed by atoms with van der Waals surface area (Å²) in [5, 5.41) is 6.27. The lowest BCUT2D eigenvalue weighted by Crippen LogP contribution is -2.35. The van der Waals surface area contributed by atoms with E-state index in [1.807, 2.05) is 32.0 Å². The SMILES string of the molecule is CC(C)C(=O)NCCNC(C)c1ccccc1. The van der Waals surface area contributed by atoms with Crippen LogP contribution in [0.15, 0.2) is 30.3 Å². The molecule has 0 spiro atoms. The van der Waals surface area contributed by atoms with E-state index in [1.165, 1.54) is 5.56 Å². The molecule has 0 aliphatic carbocycles. The standard InChI is InChI=1S/C14H22N2O/c1-11(2)14(17)16-10-9-15-12(3)13-7-5-4-6-8-13/h4-8,11-12,15H,9-10H2,1-3H3,(H,16,17). The average Bonchev–Trinajstić information content (AvgIpc) is 2.35. The molecular formula is C14H22N2O. The molecule has 1 unspecified atom stereocenters. The van der Waals surface area contributed by atoms with Crippen LogP contribution in [0.4, 0.5) is 0 Å². The highest BCUT2D eigenvalue weighted by Gasteiger charge is 2.06. The fourth-order valence-electron chi connectivity index (χ4n) is 1.54. The Morgan fingerprint density at radius 1 is 1.12 bits per heavy atom. The quantitative estimate of drug-likeness (QED) is 0.740. The summed E-state index contributed by atoms with van der Waals surface area (Å²) in [4.78, 5) is 11.3. The van der Waals surface area contributed by atoms with Crippen molar-refractivity contribution < 1.29 is 4.79 Å². The van der Waals surface area contributed by atoms with Crippen LogP contribution < -0.4 is 10.6 Å². The lowest BCUT2D eigenvalue weighted by molar-refractivity contribution is -0.123. The zero-order valence-corrected chi connectivity index (χ0v) is 10.9. The van der Waals surface area contributed by atoms with Gasteiger partial charge >= 0.3 is 0 Å². The smallest absolute Gasteiger partial charge is 0.222 e. The van der Waals surface area contributed by atoms with Crippen molar-refractivity contribution in [3.63, 3.8) is 0 Å². The van der Waals surface area contributed by atoms with Gasteiger partial charge in [0.1, 0.15) is 0 Å². The summed E-state index contributed by atoms with van der Waals surface area (Å²) >= 11 is 0. The first-order valence-corrected chi connectivity index (χ1v) is 6.17. The van der Waals surface area contributed by atoms with E-state index in [2.05, 4.69) is 29.7 Å². The van der Waals surface area contributed by atoms with Crippen LogP contribution in [0.2, 0.25) is 0 Å². The summed E-state index contributed by atoms with van der Waals surface area (Å²) in [5.74, 6) is 0.167. The van der Waals surface area contributed by atoms with Crippen LogP contribution in [-0.2, 0) is 4.79 Å². The van der Waals surface area contributed by atoms with Gasteiger partial charge < -0.3 is 10.6 Å². The maximum atomic E-state index is 11.3. The second kappa shape index (κ2) is 7.07. The number of nitrogens with one attached hydrogen (secondary N) is 2. The maximum absolute atomic E-state index is 11.3. The lowest BCUT2D eigenvalue weighted by atomic mass is 10.1. The Morgan fingerprint density at radius 3 is 2.35 bits per heavy atom. The van der Waals surface area contributed by atoms with Crippen molar-refractivity contribution in [3.05, 3.63) is 35.9 Å². The molecule has 0 fully saturated rings. The Morgan fingerprint density at radius 2 is 1.76 bits per heavy atom. The third kappa shape index (κ3) is 5.00. The van der Waals surface area contributed by atoms with E-state index in [4.69, 9.17) is 0 Å². The summed E-state index contributed by atoms with van der Waals surface area (Å²) < 4.78 is 0. The molecule has 94 valence electrons. The molecule has 1 aromatic rings. The van der Waals surface area contributed by atoms with E-state index in [9.17, 15) is 4.79 Å². The predicted octanol–water partition coefficient (Wildman–Crippen LogP) is 2.11. The van der Waals surface area contributed by atoms with Crippen molar-refractivity contribution in [2.45, 2.75) is 26.8 Å². The normalized spacial score (nSPS) is 12.5. The van der Waals surface area contributed by atoms with Gasteiger partial charge in [0.15, 0.2) is 0 Å². The predicted molar refractivity (Wildman–Crippen MR) is 70.7 cm³/mol. The van der Waals surface area contributed by atoms with Gasteiger partial charge in [-0.05, 0) is 12.5 Å². The maximum Gasteiger partial charge on any atom is 0.222 e. The van der Waals surface area contributed by atoms with Crippen molar-refractivity contribution in [3.8, 4) is 0 Å². The van der Waals surface area contributed by atoms with Gasteiger partial charge in [-0.3, -0.25) is 4.79 Å². The van der Waals surface area contributed by atoms with Gasteiger partial charge in [-0.1, -0.05) is 44.2 Å².